The highest BCUT2D eigenvalue weighted by molar-refractivity contribution is 5.82. The zero-order chi connectivity index (χ0) is 19.5. The van der Waals surface area contributed by atoms with Crippen molar-refractivity contribution in [2.75, 3.05) is 62.7 Å². The molecule has 2 aliphatic heterocycles. The molecule has 2 saturated heterocycles. The van der Waals surface area contributed by atoms with Gasteiger partial charge in [0.2, 0.25) is 5.91 Å². The maximum atomic E-state index is 12.0. The topological polar surface area (TPSA) is 76.0 Å². The Kier molecular flexibility index (Phi) is 5.29. The number of carbonyl (C=O) groups excluding carboxylic acids is 1. The van der Waals surface area contributed by atoms with Crippen LogP contribution in [-0.2, 0) is 11.3 Å². The zero-order valence-electron chi connectivity index (χ0n) is 16.2. The molecule has 1 aromatic carbocycles. The van der Waals surface area contributed by atoms with Crippen molar-refractivity contribution in [2.24, 2.45) is 0 Å². The van der Waals surface area contributed by atoms with E-state index >= 15 is 0 Å². The van der Waals surface area contributed by atoms with E-state index in [1.54, 1.807) is 17.3 Å². The van der Waals surface area contributed by atoms with Gasteiger partial charge in [-0.05, 0) is 17.7 Å². The molecule has 0 bridgehead atoms. The number of likely N-dealkylation sites (N-methyl/N-ethyl adjacent to an activating group) is 1. The summed E-state index contributed by atoms with van der Waals surface area (Å²) < 4.78 is 0. The Morgan fingerprint density at radius 1 is 0.964 bits per heavy atom. The van der Waals surface area contributed by atoms with Crippen LogP contribution in [0.2, 0.25) is 0 Å². The third kappa shape index (κ3) is 4.17. The Balaban J connectivity index is 1.36. The van der Waals surface area contributed by atoms with E-state index in [0.717, 1.165) is 56.5 Å². The number of aromatic nitrogens is 2. The molecule has 1 N–H and O–H groups in total. The van der Waals surface area contributed by atoms with E-state index in [1.807, 2.05) is 36.2 Å². The first kappa shape index (κ1) is 18.5. The van der Waals surface area contributed by atoms with Crippen molar-refractivity contribution in [1.29, 1.82) is 0 Å². The molecule has 4 rings (SSSR count). The van der Waals surface area contributed by atoms with Crippen LogP contribution in [0, 0.1) is 0 Å². The van der Waals surface area contributed by atoms with Gasteiger partial charge >= 0.3 is 0 Å². The largest absolute Gasteiger partial charge is 0.508 e. The van der Waals surface area contributed by atoms with Crippen molar-refractivity contribution in [3.05, 3.63) is 42.2 Å². The van der Waals surface area contributed by atoms with Crippen molar-refractivity contribution in [1.82, 2.24) is 19.8 Å². The van der Waals surface area contributed by atoms with Crippen LogP contribution in [0.1, 0.15) is 5.56 Å². The summed E-state index contributed by atoms with van der Waals surface area (Å²) in [6, 6.07) is 9.43. The van der Waals surface area contributed by atoms with Gasteiger partial charge in [0.05, 0.1) is 6.54 Å². The van der Waals surface area contributed by atoms with Gasteiger partial charge in [0.1, 0.15) is 23.7 Å². The highest BCUT2D eigenvalue weighted by Gasteiger charge is 2.24. The number of piperazine rings is 2. The number of benzene rings is 1. The molecule has 2 aliphatic rings. The first-order valence-electron chi connectivity index (χ1n) is 9.65. The smallest absolute Gasteiger partial charge is 0.241 e. The summed E-state index contributed by atoms with van der Waals surface area (Å²) in [5.41, 5.74) is 1.12. The molecular weight excluding hydrogens is 356 g/mol. The number of amides is 1. The third-order valence-electron chi connectivity index (χ3n) is 5.43. The van der Waals surface area contributed by atoms with Crippen LogP contribution in [0.5, 0.6) is 5.75 Å². The van der Waals surface area contributed by atoms with Gasteiger partial charge in [-0.15, -0.1) is 0 Å². The highest BCUT2D eigenvalue weighted by atomic mass is 16.3. The Hall–Kier alpha value is -2.87. The summed E-state index contributed by atoms with van der Waals surface area (Å²) in [6.07, 6.45) is 1.59. The molecule has 1 aromatic heterocycles. The van der Waals surface area contributed by atoms with Crippen LogP contribution in [0.3, 0.4) is 0 Å². The Bertz CT molecular complexity index is 837. The Morgan fingerprint density at radius 2 is 1.68 bits per heavy atom. The lowest BCUT2D eigenvalue weighted by atomic mass is 10.2. The number of aromatic hydroxyl groups is 1. The Morgan fingerprint density at radius 3 is 2.39 bits per heavy atom. The molecule has 8 nitrogen and oxygen atoms in total. The van der Waals surface area contributed by atoms with Crippen molar-refractivity contribution in [3.63, 3.8) is 0 Å². The van der Waals surface area contributed by atoms with Crippen molar-refractivity contribution >= 4 is 17.5 Å². The highest BCUT2D eigenvalue weighted by Crippen LogP contribution is 2.21. The van der Waals surface area contributed by atoms with Gasteiger partial charge in [0, 0.05) is 58.9 Å². The predicted molar refractivity (Wildman–Crippen MR) is 107 cm³/mol. The lowest BCUT2D eigenvalue weighted by Gasteiger charge is -2.36. The van der Waals surface area contributed by atoms with Gasteiger partial charge in [-0.1, -0.05) is 12.1 Å². The maximum Gasteiger partial charge on any atom is 0.241 e. The van der Waals surface area contributed by atoms with Gasteiger partial charge in [0.15, 0.2) is 0 Å². The van der Waals surface area contributed by atoms with Crippen LogP contribution < -0.4 is 9.80 Å². The number of carbonyl (C=O) groups is 1. The normalized spacial score (nSPS) is 18.6. The molecule has 0 aliphatic carbocycles. The Labute approximate surface area is 165 Å². The monoisotopic (exact) mass is 382 g/mol. The molecule has 28 heavy (non-hydrogen) atoms. The summed E-state index contributed by atoms with van der Waals surface area (Å²) >= 11 is 0. The molecule has 0 atom stereocenters. The second-order valence-electron chi connectivity index (χ2n) is 7.40. The molecule has 2 fully saturated rings. The fourth-order valence-electron chi connectivity index (χ4n) is 3.69. The number of phenols is 1. The second-order valence-corrected chi connectivity index (χ2v) is 7.40. The van der Waals surface area contributed by atoms with Gasteiger partial charge in [-0.25, -0.2) is 9.97 Å². The van der Waals surface area contributed by atoms with Crippen LogP contribution in [0.25, 0.3) is 0 Å². The molecule has 1 amide bonds. The standard InChI is InChI=1S/C20H26N6O2/c1-23-5-8-26(14-20(23)28)19-12-18(21-15-22-19)25-9-6-24(7-10-25)13-16-3-2-4-17(27)11-16/h2-4,11-12,15,27H,5-10,13-14H2,1H3. The van der Waals surface area contributed by atoms with Gasteiger partial charge < -0.3 is 19.8 Å². The molecule has 0 saturated carbocycles. The van der Waals surface area contributed by atoms with E-state index in [0.29, 0.717) is 18.8 Å². The first-order chi connectivity index (χ1) is 13.6. The minimum atomic E-state index is 0.118. The lowest BCUT2D eigenvalue weighted by Crippen LogP contribution is -2.49. The number of rotatable bonds is 4. The van der Waals surface area contributed by atoms with E-state index in [1.165, 1.54) is 0 Å². The minimum absolute atomic E-state index is 0.118. The molecule has 2 aromatic rings. The summed E-state index contributed by atoms with van der Waals surface area (Å²) in [4.78, 5) is 29.2. The van der Waals surface area contributed by atoms with Gasteiger partial charge in [0.25, 0.3) is 0 Å². The van der Waals surface area contributed by atoms with Crippen LogP contribution >= 0.6 is 0 Å². The molecule has 8 heteroatoms. The predicted octanol–water partition coefficient (Wildman–Crippen LogP) is 0.783. The van der Waals surface area contributed by atoms with Crippen LogP contribution in [-0.4, -0.2) is 83.6 Å². The van der Waals surface area contributed by atoms with Crippen molar-refractivity contribution in [3.8, 4) is 5.75 Å². The summed E-state index contributed by atoms with van der Waals surface area (Å²) in [7, 11) is 1.83. The third-order valence-corrected chi connectivity index (χ3v) is 5.43. The quantitative estimate of drug-likeness (QED) is 0.838. The van der Waals surface area contributed by atoms with E-state index < -0.39 is 0 Å². The molecule has 0 unspecified atom stereocenters. The maximum absolute atomic E-state index is 12.0. The number of anilines is 2. The van der Waals surface area contributed by atoms with Crippen LogP contribution in [0.15, 0.2) is 36.7 Å². The molecule has 0 spiro atoms. The first-order valence-corrected chi connectivity index (χ1v) is 9.65. The molecule has 3 heterocycles. The fourth-order valence-corrected chi connectivity index (χ4v) is 3.69. The molecular formula is C20H26N6O2. The SMILES string of the molecule is CN1CCN(c2cc(N3CCN(Cc4cccc(O)c4)CC3)ncn2)CC1=O. The average molecular weight is 382 g/mol. The summed E-state index contributed by atoms with van der Waals surface area (Å²) in [6.45, 7) is 6.34. The van der Waals surface area contributed by atoms with E-state index in [-0.39, 0.29) is 5.91 Å². The van der Waals surface area contributed by atoms with Crippen molar-refractivity contribution in [2.45, 2.75) is 6.54 Å². The summed E-state index contributed by atoms with van der Waals surface area (Å²) in [5, 5.41) is 9.63. The number of phenolic OH excluding ortho intramolecular Hbond substituents is 1. The number of nitrogens with zero attached hydrogens (tertiary/aromatic N) is 6. The van der Waals surface area contributed by atoms with Gasteiger partial charge in [-0.2, -0.15) is 0 Å². The fraction of sp³-hybridized carbons (Fsp3) is 0.450. The molecule has 148 valence electrons. The number of hydrogen-bond donors (Lipinski definition) is 1. The average Bonchev–Trinajstić information content (AvgIpc) is 2.71. The second kappa shape index (κ2) is 8.02. The van der Waals surface area contributed by atoms with Crippen LogP contribution in [0.4, 0.5) is 11.6 Å². The van der Waals surface area contributed by atoms with E-state index in [9.17, 15) is 9.90 Å². The van der Waals surface area contributed by atoms with Crippen molar-refractivity contribution < 1.29 is 9.90 Å². The minimum Gasteiger partial charge on any atom is -0.508 e. The summed E-state index contributed by atoms with van der Waals surface area (Å²) in [5.74, 6) is 2.15. The molecule has 0 radical (unpaired) electrons. The van der Waals surface area contributed by atoms with E-state index in [4.69, 9.17) is 0 Å². The zero-order valence-corrected chi connectivity index (χ0v) is 16.2. The van der Waals surface area contributed by atoms with Gasteiger partial charge in [-0.3, -0.25) is 9.69 Å². The van der Waals surface area contributed by atoms with E-state index in [2.05, 4.69) is 19.8 Å². The lowest BCUT2D eigenvalue weighted by molar-refractivity contribution is -0.129. The number of hydrogen-bond acceptors (Lipinski definition) is 7.